The van der Waals surface area contributed by atoms with Crippen LogP contribution in [0.25, 0.3) is 0 Å². The van der Waals surface area contributed by atoms with Crippen LogP contribution in [0.15, 0.2) is 18.2 Å². The van der Waals surface area contributed by atoms with Crippen LogP contribution in [0.5, 0.6) is 0 Å². The molecule has 32 heavy (non-hydrogen) atoms. The highest BCUT2D eigenvalue weighted by atomic mass is 16.7. The topological polar surface area (TPSA) is 68.3 Å². The molecule has 3 aliphatic heterocycles. The summed E-state index contributed by atoms with van der Waals surface area (Å²) in [5.41, 5.74) is 1.17. The molecule has 174 valence electrons. The van der Waals surface area contributed by atoms with E-state index in [4.69, 9.17) is 14.0 Å². The van der Waals surface area contributed by atoms with Gasteiger partial charge in [-0.3, -0.25) is 4.79 Å². The van der Waals surface area contributed by atoms with Gasteiger partial charge in [-0.25, -0.2) is 4.79 Å². The third-order valence-corrected chi connectivity index (χ3v) is 6.98. The molecule has 0 bridgehead atoms. The SMILES string of the molecule is CC(C)(C)OC(=O)N1CCCC(N2Cc3ccc(B4OC(C)(C)C(C)(C)O4)cc3C2=O)C1. The Labute approximate surface area is 191 Å². The van der Waals surface area contributed by atoms with Crippen molar-refractivity contribution >= 4 is 24.6 Å². The van der Waals surface area contributed by atoms with Crippen molar-refractivity contribution in [1.29, 1.82) is 0 Å². The van der Waals surface area contributed by atoms with Crippen LogP contribution in [0.1, 0.15) is 77.2 Å². The first-order valence-corrected chi connectivity index (χ1v) is 11.5. The molecule has 2 fully saturated rings. The number of hydrogen-bond acceptors (Lipinski definition) is 5. The lowest BCUT2D eigenvalue weighted by atomic mass is 9.78. The molecular formula is C24H35BN2O5. The number of carbonyl (C=O) groups excluding carboxylic acids is 2. The zero-order valence-corrected chi connectivity index (χ0v) is 20.4. The van der Waals surface area contributed by atoms with Gasteiger partial charge in [0.1, 0.15) is 5.60 Å². The molecule has 0 aliphatic carbocycles. The van der Waals surface area contributed by atoms with Crippen molar-refractivity contribution in [3.8, 4) is 0 Å². The molecule has 8 heteroatoms. The van der Waals surface area contributed by atoms with Gasteiger partial charge in [0.2, 0.25) is 0 Å². The molecule has 1 aromatic rings. The molecule has 0 N–H and O–H groups in total. The number of hydrogen-bond donors (Lipinski definition) is 0. The summed E-state index contributed by atoms with van der Waals surface area (Å²) in [6.45, 7) is 15.4. The lowest BCUT2D eigenvalue weighted by Gasteiger charge is -2.38. The lowest BCUT2D eigenvalue weighted by molar-refractivity contribution is 0.00578. The second kappa shape index (κ2) is 7.77. The summed E-state index contributed by atoms with van der Waals surface area (Å²) in [5.74, 6) is 0.00871. The number of carbonyl (C=O) groups is 2. The van der Waals surface area contributed by atoms with Crippen molar-refractivity contribution < 1.29 is 23.6 Å². The molecule has 2 amide bonds. The molecular weight excluding hydrogens is 407 g/mol. The average Bonchev–Trinajstić information content (AvgIpc) is 3.13. The van der Waals surface area contributed by atoms with E-state index in [2.05, 4.69) is 0 Å². The standard InChI is InChI=1S/C24H35BN2O5/c1-22(2,3)30-21(29)26-12-8-9-18(15-26)27-14-16-10-11-17(13-19(16)20(27)28)25-31-23(4,5)24(6,7)32-25/h10-11,13,18H,8-9,12,14-15H2,1-7H3. The third kappa shape index (κ3) is 4.27. The lowest BCUT2D eigenvalue weighted by Crippen LogP contribution is -2.50. The zero-order chi connectivity index (χ0) is 23.5. The van der Waals surface area contributed by atoms with E-state index in [-0.39, 0.29) is 18.0 Å². The van der Waals surface area contributed by atoms with Gasteiger partial charge in [0.05, 0.1) is 17.2 Å². The molecule has 0 spiro atoms. The van der Waals surface area contributed by atoms with Gasteiger partial charge in [0, 0.05) is 25.2 Å². The first kappa shape index (κ1) is 23.1. The highest BCUT2D eigenvalue weighted by Gasteiger charge is 2.52. The van der Waals surface area contributed by atoms with Gasteiger partial charge in [-0.1, -0.05) is 12.1 Å². The van der Waals surface area contributed by atoms with E-state index in [0.717, 1.165) is 23.9 Å². The van der Waals surface area contributed by atoms with Gasteiger partial charge in [-0.2, -0.15) is 0 Å². The molecule has 1 unspecified atom stereocenters. The van der Waals surface area contributed by atoms with Crippen molar-refractivity contribution in [2.24, 2.45) is 0 Å². The smallest absolute Gasteiger partial charge is 0.444 e. The van der Waals surface area contributed by atoms with Crippen molar-refractivity contribution in [1.82, 2.24) is 9.80 Å². The number of fused-ring (bicyclic) bond motifs is 1. The van der Waals surface area contributed by atoms with E-state index in [0.29, 0.717) is 25.2 Å². The quantitative estimate of drug-likeness (QED) is 0.658. The molecule has 2 saturated heterocycles. The summed E-state index contributed by atoms with van der Waals surface area (Å²) >= 11 is 0. The number of amides is 2. The Hall–Kier alpha value is -2.06. The number of likely N-dealkylation sites (tertiary alicyclic amines) is 1. The molecule has 0 radical (unpaired) electrons. The van der Waals surface area contributed by atoms with Gasteiger partial charge in [-0.05, 0) is 78.4 Å². The summed E-state index contributed by atoms with van der Waals surface area (Å²) < 4.78 is 17.9. The average molecular weight is 442 g/mol. The number of rotatable bonds is 2. The monoisotopic (exact) mass is 442 g/mol. The molecule has 7 nitrogen and oxygen atoms in total. The second-order valence-corrected chi connectivity index (χ2v) is 11.2. The normalized spacial score (nSPS) is 24.7. The maximum atomic E-state index is 13.3. The molecule has 0 saturated carbocycles. The number of nitrogens with zero attached hydrogens (tertiary/aromatic N) is 2. The van der Waals surface area contributed by atoms with Gasteiger partial charge < -0.3 is 23.8 Å². The van der Waals surface area contributed by atoms with Crippen molar-refractivity contribution in [3.05, 3.63) is 29.3 Å². The Kier molecular flexibility index (Phi) is 5.61. The van der Waals surface area contributed by atoms with Crippen LogP contribution in [-0.2, 0) is 20.6 Å². The van der Waals surface area contributed by atoms with E-state index in [1.807, 2.05) is 71.6 Å². The van der Waals surface area contributed by atoms with Crippen molar-refractivity contribution in [2.75, 3.05) is 13.1 Å². The van der Waals surface area contributed by atoms with Gasteiger partial charge >= 0.3 is 13.2 Å². The Bertz CT molecular complexity index is 907. The number of benzene rings is 1. The number of piperidine rings is 1. The summed E-state index contributed by atoms with van der Waals surface area (Å²) in [6, 6.07) is 5.89. The Morgan fingerprint density at radius 3 is 2.44 bits per heavy atom. The maximum absolute atomic E-state index is 13.3. The molecule has 4 rings (SSSR count). The van der Waals surface area contributed by atoms with Crippen LogP contribution in [-0.4, -0.2) is 64.9 Å². The fourth-order valence-electron chi connectivity index (χ4n) is 4.46. The predicted molar refractivity (Wildman–Crippen MR) is 123 cm³/mol. The van der Waals surface area contributed by atoms with Gasteiger partial charge in [0.25, 0.3) is 5.91 Å². The van der Waals surface area contributed by atoms with Crippen LogP contribution < -0.4 is 5.46 Å². The van der Waals surface area contributed by atoms with E-state index in [1.54, 1.807) is 4.90 Å². The van der Waals surface area contributed by atoms with E-state index in [9.17, 15) is 9.59 Å². The minimum Gasteiger partial charge on any atom is -0.444 e. The van der Waals surface area contributed by atoms with Crippen LogP contribution in [0.3, 0.4) is 0 Å². The van der Waals surface area contributed by atoms with Crippen molar-refractivity contribution in [3.63, 3.8) is 0 Å². The van der Waals surface area contributed by atoms with Crippen LogP contribution in [0, 0.1) is 0 Å². The van der Waals surface area contributed by atoms with Crippen LogP contribution >= 0.6 is 0 Å². The fraction of sp³-hybridized carbons (Fsp3) is 0.667. The molecule has 3 heterocycles. The number of ether oxygens (including phenoxy) is 1. The summed E-state index contributed by atoms with van der Waals surface area (Å²) in [7, 11) is -0.496. The van der Waals surface area contributed by atoms with E-state index >= 15 is 0 Å². The third-order valence-electron chi connectivity index (χ3n) is 6.98. The Balaban J connectivity index is 1.47. The molecule has 0 aromatic heterocycles. The van der Waals surface area contributed by atoms with E-state index in [1.165, 1.54) is 0 Å². The predicted octanol–water partition coefficient (Wildman–Crippen LogP) is 3.34. The molecule has 1 aromatic carbocycles. The van der Waals surface area contributed by atoms with Crippen LogP contribution in [0.4, 0.5) is 4.79 Å². The van der Waals surface area contributed by atoms with Gasteiger partial charge in [0.15, 0.2) is 0 Å². The van der Waals surface area contributed by atoms with Crippen molar-refractivity contribution in [2.45, 2.75) is 90.7 Å². The second-order valence-electron chi connectivity index (χ2n) is 11.2. The highest BCUT2D eigenvalue weighted by molar-refractivity contribution is 6.62. The first-order chi connectivity index (χ1) is 14.8. The Morgan fingerprint density at radius 2 is 1.81 bits per heavy atom. The fourth-order valence-corrected chi connectivity index (χ4v) is 4.46. The summed E-state index contributed by atoms with van der Waals surface area (Å²) in [5, 5.41) is 0. The summed E-state index contributed by atoms with van der Waals surface area (Å²) in [6.07, 6.45) is 1.42. The van der Waals surface area contributed by atoms with Gasteiger partial charge in [-0.15, -0.1) is 0 Å². The zero-order valence-electron chi connectivity index (χ0n) is 20.4. The minimum atomic E-state index is -0.534. The largest absolute Gasteiger partial charge is 0.494 e. The highest BCUT2D eigenvalue weighted by Crippen LogP contribution is 2.37. The minimum absolute atomic E-state index is 0.00871. The maximum Gasteiger partial charge on any atom is 0.494 e. The molecule has 3 aliphatic rings. The van der Waals surface area contributed by atoms with E-state index < -0.39 is 23.9 Å². The Morgan fingerprint density at radius 1 is 1.16 bits per heavy atom. The first-order valence-electron chi connectivity index (χ1n) is 11.5. The molecule has 1 atom stereocenters. The summed E-state index contributed by atoms with van der Waals surface area (Å²) in [4.78, 5) is 29.5. The van der Waals surface area contributed by atoms with Crippen LogP contribution in [0.2, 0.25) is 0 Å².